The summed E-state index contributed by atoms with van der Waals surface area (Å²) < 4.78 is 5.74. The van der Waals surface area contributed by atoms with Gasteiger partial charge in [-0.1, -0.05) is 32.0 Å². The van der Waals surface area contributed by atoms with Crippen LogP contribution in [0.5, 0.6) is 5.75 Å². The van der Waals surface area contributed by atoms with Gasteiger partial charge in [-0.05, 0) is 17.5 Å². The van der Waals surface area contributed by atoms with Gasteiger partial charge >= 0.3 is 5.69 Å². The number of aromatic amines is 2. The van der Waals surface area contributed by atoms with E-state index in [-0.39, 0.29) is 5.69 Å². The smallest absolute Gasteiger partial charge is 0.340 e. The van der Waals surface area contributed by atoms with Gasteiger partial charge in [-0.3, -0.25) is 4.98 Å². The summed E-state index contributed by atoms with van der Waals surface area (Å²) >= 11 is 0. The van der Waals surface area contributed by atoms with Gasteiger partial charge < -0.3 is 4.74 Å². The van der Waals surface area contributed by atoms with Gasteiger partial charge in [-0.2, -0.15) is 5.10 Å². The van der Waals surface area contributed by atoms with Crippen molar-refractivity contribution >= 4 is 0 Å². The monoisotopic (exact) mass is 247 g/mol. The maximum absolute atomic E-state index is 10.9. The van der Waals surface area contributed by atoms with Crippen molar-refractivity contribution in [1.29, 1.82) is 0 Å². The van der Waals surface area contributed by atoms with Gasteiger partial charge in [0.05, 0.1) is 6.61 Å². The van der Waals surface area contributed by atoms with E-state index in [9.17, 15) is 4.79 Å². The van der Waals surface area contributed by atoms with E-state index in [2.05, 4.69) is 35.1 Å². The molecular weight excluding hydrogens is 230 g/mol. The number of para-hydroxylation sites is 1. The molecule has 2 aromatic rings. The lowest BCUT2D eigenvalue weighted by molar-refractivity contribution is 0.314. The number of hydrogen-bond acceptors (Lipinski definition) is 3. The molecule has 5 heteroatoms. The zero-order chi connectivity index (χ0) is 13.0. The Morgan fingerprint density at radius 1 is 1.33 bits per heavy atom. The fourth-order valence-corrected chi connectivity index (χ4v) is 1.77. The third-order valence-corrected chi connectivity index (χ3v) is 2.69. The van der Waals surface area contributed by atoms with Crippen LogP contribution in [0.15, 0.2) is 29.1 Å². The molecule has 96 valence electrons. The summed E-state index contributed by atoms with van der Waals surface area (Å²) in [4.78, 5) is 13.4. The molecule has 2 rings (SSSR count). The molecule has 0 aliphatic heterocycles. The molecule has 18 heavy (non-hydrogen) atoms. The minimum absolute atomic E-state index is 0.285. The van der Waals surface area contributed by atoms with Crippen LogP contribution in [0.25, 0.3) is 0 Å². The molecular formula is C13H17N3O2. The Labute approximate surface area is 105 Å². The first-order valence-corrected chi connectivity index (χ1v) is 6.02. The van der Waals surface area contributed by atoms with Crippen LogP contribution in [0.3, 0.4) is 0 Å². The highest BCUT2D eigenvalue weighted by molar-refractivity contribution is 5.35. The van der Waals surface area contributed by atoms with E-state index in [0.717, 1.165) is 5.75 Å². The number of rotatable bonds is 5. The van der Waals surface area contributed by atoms with Gasteiger partial charge in [0.2, 0.25) is 0 Å². The van der Waals surface area contributed by atoms with Crippen molar-refractivity contribution in [2.24, 2.45) is 0 Å². The summed E-state index contributed by atoms with van der Waals surface area (Å²) in [6, 6.07) is 7.99. The Balaban J connectivity index is 1.96. The van der Waals surface area contributed by atoms with Crippen LogP contribution in [0.4, 0.5) is 0 Å². The molecule has 0 fully saturated rings. The first-order valence-electron chi connectivity index (χ1n) is 6.02. The van der Waals surface area contributed by atoms with Gasteiger partial charge in [0.1, 0.15) is 11.6 Å². The van der Waals surface area contributed by atoms with Crippen LogP contribution in [0.2, 0.25) is 0 Å². The highest BCUT2D eigenvalue weighted by Gasteiger charge is 2.07. The number of nitrogens with zero attached hydrogens (tertiary/aromatic N) is 1. The molecule has 0 aliphatic rings. The summed E-state index contributed by atoms with van der Waals surface area (Å²) in [6.07, 6.45) is 0.575. The molecule has 1 heterocycles. The normalized spacial score (nSPS) is 10.8. The van der Waals surface area contributed by atoms with Crippen LogP contribution in [-0.4, -0.2) is 21.8 Å². The fraction of sp³-hybridized carbons (Fsp3) is 0.385. The van der Waals surface area contributed by atoms with Crippen molar-refractivity contribution in [1.82, 2.24) is 15.2 Å². The molecule has 0 amide bonds. The molecule has 0 bridgehead atoms. The molecule has 2 N–H and O–H groups in total. The minimum atomic E-state index is -0.285. The molecule has 0 unspecified atom stereocenters. The number of ether oxygens (including phenoxy) is 1. The second-order valence-corrected chi connectivity index (χ2v) is 4.42. The van der Waals surface area contributed by atoms with E-state index in [1.165, 1.54) is 5.56 Å². The maximum Gasteiger partial charge on any atom is 0.340 e. The molecule has 0 saturated carbocycles. The highest BCUT2D eigenvalue weighted by Crippen LogP contribution is 2.25. The van der Waals surface area contributed by atoms with Crippen molar-refractivity contribution in [3.63, 3.8) is 0 Å². The Morgan fingerprint density at radius 3 is 2.78 bits per heavy atom. The summed E-state index contributed by atoms with van der Waals surface area (Å²) in [5.74, 6) is 1.93. The van der Waals surface area contributed by atoms with Crippen LogP contribution >= 0.6 is 0 Å². The lowest BCUT2D eigenvalue weighted by Gasteiger charge is -2.13. The van der Waals surface area contributed by atoms with E-state index >= 15 is 0 Å². The van der Waals surface area contributed by atoms with E-state index in [1.807, 2.05) is 18.2 Å². The number of benzene rings is 1. The molecule has 1 aromatic heterocycles. The Bertz CT molecular complexity index is 557. The second-order valence-electron chi connectivity index (χ2n) is 4.42. The van der Waals surface area contributed by atoms with Gasteiger partial charge in [-0.25, -0.2) is 9.89 Å². The third-order valence-electron chi connectivity index (χ3n) is 2.69. The van der Waals surface area contributed by atoms with Crippen LogP contribution in [-0.2, 0) is 6.42 Å². The maximum atomic E-state index is 10.9. The van der Waals surface area contributed by atoms with Crippen LogP contribution in [0.1, 0.15) is 31.2 Å². The molecule has 0 aliphatic carbocycles. The standard InChI is InChI=1S/C13H17N3O2/c1-9(2)10-5-3-4-6-11(10)18-8-7-12-14-13(17)16-15-12/h3-6,9H,7-8H2,1-2H3,(H2,14,15,16,17). The zero-order valence-corrected chi connectivity index (χ0v) is 10.6. The van der Waals surface area contributed by atoms with Crippen molar-refractivity contribution in [3.8, 4) is 5.75 Å². The van der Waals surface area contributed by atoms with E-state index in [1.54, 1.807) is 0 Å². The Morgan fingerprint density at radius 2 is 2.11 bits per heavy atom. The second kappa shape index (κ2) is 5.53. The predicted octanol–water partition coefficient (Wildman–Crippen LogP) is 1.84. The van der Waals surface area contributed by atoms with Crippen molar-refractivity contribution in [2.45, 2.75) is 26.2 Å². The predicted molar refractivity (Wildman–Crippen MR) is 68.9 cm³/mol. The molecule has 0 saturated heterocycles. The quantitative estimate of drug-likeness (QED) is 0.847. The fourth-order valence-electron chi connectivity index (χ4n) is 1.77. The summed E-state index contributed by atoms with van der Waals surface area (Å²) in [5, 5.41) is 6.16. The Kier molecular flexibility index (Phi) is 3.82. The van der Waals surface area contributed by atoms with Crippen molar-refractivity contribution < 1.29 is 4.74 Å². The lowest BCUT2D eigenvalue weighted by atomic mass is 10.0. The topological polar surface area (TPSA) is 70.8 Å². The van der Waals surface area contributed by atoms with E-state index in [0.29, 0.717) is 24.8 Å². The van der Waals surface area contributed by atoms with E-state index < -0.39 is 0 Å². The number of H-pyrrole nitrogens is 2. The first kappa shape index (κ1) is 12.4. The molecule has 5 nitrogen and oxygen atoms in total. The van der Waals surface area contributed by atoms with Crippen LogP contribution < -0.4 is 10.4 Å². The average molecular weight is 247 g/mol. The van der Waals surface area contributed by atoms with Gasteiger partial charge in [-0.15, -0.1) is 0 Å². The molecule has 0 radical (unpaired) electrons. The minimum Gasteiger partial charge on any atom is -0.493 e. The van der Waals surface area contributed by atoms with Crippen molar-refractivity contribution in [2.75, 3.05) is 6.61 Å². The van der Waals surface area contributed by atoms with Gasteiger partial charge in [0.25, 0.3) is 0 Å². The third kappa shape index (κ3) is 3.00. The number of hydrogen-bond donors (Lipinski definition) is 2. The van der Waals surface area contributed by atoms with Crippen LogP contribution in [0, 0.1) is 0 Å². The lowest BCUT2D eigenvalue weighted by Crippen LogP contribution is -2.06. The Hall–Kier alpha value is -2.04. The average Bonchev–Trinajstić information content (AvgIpc) is 2.75. The molecule has 0 spiro atoms. The largest absolute Gasteiger partial charge is 0.493 e. The zero-order valence-electron chi connectivity index (χ0n) is 10.6. The summed E-state index contributed by atoms with van der Waals surface area (Å²) in [7, 11) is 0. The molecule has 0 atom stereocenters. The number of aromatic nitrogens is 3. The van der Waals surface area contributed by atoms with E-state index in [4.69, 9.17) is 4.74 Å². The van der Waals surface area contributed by atoms with Crippen molar-refractivity contribution in [3.05, 3.63) is 46.1 Å². The molecule has 1 aromatic carbocycles. The van der Waals surface area contributed by atoms with Gasteiger partial charge in [0.15, 0.2) is 0 Å². The summed E-state index contributed by atoms with van der Waals surface area (Å²) in [6.45, 7) is 4.76. The highest BCUT2D eigenvalue weighted by atomic mass is 16.5. The first-order chi connectivity index (χ1) is 8.66. The summed E-state index contributed by atoms with van der Waals surface area (Å²) in [5.41, 5.74) is 0.903. The van der Waals surface area contributed by atoms with Gasteiger partial charge in [0, 0.05) is 6.42 Å². The number of nitrogens with one attached hydrogen (secondary N) is 2. The SMILES string of the molecule is CC(C)c1ccccc1OCCc1n[nH]c(=O)[nH]1.